The molecule has 0 aliphatic rings. The summed E-state index contributed by atoms with van der Waals surface area (Å²) in [4.78, 5) is 22.3. The second-order valence-corrected chi connectivity index (χ2v) is 4.15. The summed E-state index contributed by atoms with van der Waals surface area (Å²) in [5.74, 6) is -2.48. The molecule has 2 rings (SSSR count). The van der Waals surface area contributed by atoms with Gasteiger partial charge in [0.15, 0.2) is 0 Å². The first-order valence-electron chi connectivity index (χ1n) is 5.67. The molecule has 0 radical (unpaired) electrons. The third-order valence-electron chi connectivity index (χ3n) is 2.91. The summed E-state index contributed by atoms with van der Waals surface area (Å²) >= 11 is 0. The summed E-state index contributed by atoms with van der Waals surface area (Å²) in [6, 6.07) is 8.21. The lowest BCUT2D eigenvalue weighted by Gasteiger charge is -2.08. The van der Waals surface area contributed by atoms with E-state index in [4.69, 9.17) is 5.11 Å². The van der Waals surface area contributed by atoms with Crippen LogP contribution in [0.15, 0.2) is 43.0 Å². The minimum atomic E-state index is -1.24. The van der Waals surface area contributed by atoms with Gasteiger partial charge in [0.05, 0.1) is 11.1 Å². The fourth-order valence-electron chi connectivity index (χ4n) is 2.08. The molecule has 2 aromatic carbocycles. The Hall–Kier alpha value is -2.62. The van der Waals surface area contributed by atoms with Crippen molar-refractivity contribution in [2.45, 2.75) is 6.42 Å². The number of hydrogen-bond donors (Lipinski definition) is 2. The molecule has 96 valence electrons. The number of fused-ring (bicyclic) bond motifs is 1. The van der Waals surface area contributed by atoms with Crippen molar-refractivity contribution < 1.29 is 19.8 Å². The predicted octanol–water partition coefficient (Wildman–Crippen LogP) is 2.96. The lowest BCUT2D eigenvalue weighted by molar-refractivity contribution is 0.0653. The van der Waals surface area contributed by atoms with Crippen molar-refractivity contribution >= 4 is 22.7 Å². The molecule has 2 N–H and O–H groups in total. The first-order chi connectivity index (χ1) is 9.04. The van der Waals surface area contributed by atoms with Crippen molar-refractivity contribution in [1.29, 1.82) is 0 Å². The van der Waals surface area contributed by atoms with Crippen LogP contribution in [0.3, 0.4) is 0 Å². The van der Waals surface area contributed by atoms with Crippen molar-refractivity contribution in [1.82, 2.24) is 0 Å². The maximum absolute atomic E-state index is 11.3. The van der Waals surface area contributed by atoms with Crippen LogP contribution in [0.4, 0.5) is 0 Å². The van der Waals surface area contributed by atoms with E-state index in [1.165, 1.54) is 6.07 Å². The average molecular weight is 256 g/mol. The molecule has 0 atom stereocenters. The Morgan fingerprint density at radius 3 is 2.42 bits per heavy atom. The summed E-state index contributed by atoms with van der Waals surface area (Å²) < 4.78 is 0. The maximum Gasteiger partial charge on any atom is 0.337 e. The second kappa shape index (κ2) is 4.94. The van der Waals surface area contributed by atoms with Crippen LogP contribution in [0.25, 0.3) is 10.8 Å². The van der Waals surface area contributed by atoms with Gasteiger partial charge in [-0.2, -0.15) is 0 Å². The number of allylic oxidation sites excluding steroid dienone is 1. The van der Waals surface area contributed by atoms with Gasteiger partial charge in [0, 0.05) is 0 Å². The fraction of sp³-hybridized carbons (Fsp3) is 0.0667. The van der Waals surface area contributed by atoms with Crippen molar-refractivity contribution in [3.63, 3.8) is 0 Å². The van der Waals surface area contributed by atoms with E-state index in [1.54, 1.807) is 24.3 Å². The van der Waals surface area contributed by atoms with Gasteiger partial charge in [0.1, 0.15) is 0 Å². The largest absolute Gasteiger partial charge is 0.478 e. The smallest absolute Gasteiger partial charge is 0.337 e. The van der Waals surface area contributed by atoms with Crippen LogP contribution < -0.4 is 0 Å². The molecule has 0 aromatic heterocycles. The van der Waals surface area contributed by atoms with E-state index in [2.05, 4.69) is 6.58 Å². The van der Waals surface area contributed by atoms with E-state index in [9.17, 15) is 14.7 Å². The Kier molecular flexibility index (Phi) is 3.33. The Morgan fingerprint density at radius 1 is 1.11 bits per heavy atom. The molecule has 4 heteroatoms. The molecular weight excluding hydrogens is 244 g/mol. The Bertz CT molecular complexity index is 686. The lowest BCUT2D eigenvalue weighted by Crippen LogP contribution is -2.08. The molecule has 0 amide bonds. The van der Waals surface area contributed by atoms with Gasteiger partial charge in [-0.25, -0.2) is 9.59 Å². The van der Waals surface area contributed by atoms with Crippen LogP contribution in [0.2, 0.25) is 0 Å². The van der Waals surface area contributed by atoms with Gasteiger partial charge in [0.25, 0.3) is 0 Å². The summed E-state index contributed by atoms with van der Waals surface area (Å²) in [5.41, 5.74) is 0.633. The van der Waals surface area contributed by atoms with Crippen molar-refractivity contribution in [3.05, 3.63) is 59.7 Å². The molecule has 0 saturated heterocycles. The van der Waals surface area contributed by atoms with Crippen LogP contribution in [0.5, 0.6) is 0 Å². The quantitative estimate of drug-likeness (QED) is 0.825. The van der Waals surface area contributed by atoms with E-state index in [1.807, 2.05) is 6.07 Å². The summed E-state index contributed by atoms with van der Waals surface area (Å²) in [7, 11) is 0. The zero-order valence-electron chi connectivity index (χ0n) is 10.1. The second-order valence-electron chi connectivity index (χ2n) is 4.15. The highest BCUT2D eigenvalue weighted by atomic mass is 16.4. The third-order valence-corrected chi connectivity index (χ3v) is 2.91. The van der Waals surface area contributed by atoms with Crippen molar-refractivity contribution in [2.75, 3.05) is 0 Å². The molecule has 0 saturated carbocycles. The molecule has 0 unspecified atom stereocenters. The third kappa shape index (κ3) is 2.33. The van der Waals surface area contributed by atoms with Gasteiger partial charge in [-0.3, -0.25) is 0 Å². The predicted molar refractivity (Wildman–Crippen MR) is 71.8 cm³/mol. The van der Waals surface area contributed by atoms with Gasteiger partial charge in [-0.15, -0.1) is 6.58 Å². The Morgan fingerprint density at radius 2 is 1.84 bits per heavy atom. The number of aromatic carboxylic acids is 2. The summed E-state index contributed by atoms with van der Waals surface area (Å²) in [5, 5.41) is 19.4. The maximum atomic E-state index is 11.3. The van der Waals surface area contributed by atoms with Gasteiger partial charge >= 0.3 is 11.9 Å². The first-order valence-corrected chi connectivity index (χ1v) is 5.67. The average Bonchev–Trinajstić information content (AvgIpc) is 2.37. The van der Waals surface area contributed by atoms with Gasteiger partial charge in [-0.1, -0.05) is 30.3 Å². The highest BCUT2D eigenvalue weighted by Gasteiger charge is 2.18. The zero-order valence-corrected chi connectivity index (χ0v) is 10.1. The lowest BCUT2D eigenvalue weighted by atomic mass is 9.97. The molecule has 4 nitrogen and oxygen atoms in total. The highest BCUT2D eigenvalue weighted by Crippen LogP contribution is 2.24. The zero-order chi connectivity index (χ0) is 14.0. The SMILES string of the molecule is C=CCc1ccc2c(C(=O)O)c(C(=O)O)ccc2c1. The number of carboxylic acids is 2. The van der Waals surface area contributed by atoms with Crippen LogP contribution in [0.1, 0.15) is 26.3 Å². The molecule has 0 fully saturated rings. The molecule has 0 spiro atoms. The van der Waals surface area contributed by atoms with E-state index in [-0.39, 0.29) is 11.1 Å². The fourth-order valence-corrected chi connectivity index (χ4v) is 2.08. The topological polar surface area (TPSA) is 74.6 Å². The minimum Gasteiger partial charge on any atom is -0.478 e. The molecule has 19 heavy (non-hydrogen) atoms. The van der Waals surface area contributed by atoms with E-state index >= 15 is 0 Å². The van der Waals surface area contributed by atoms with Gasteiger partial charge in [-0.05, 0) is 28.8 Å². The number of benzene rings is 2. The van der Waals surface area contributed by atoms with Crippen molar-refractivity contribution in [3.8, 4) is 0 Å². The standard InChI is InChI=1S/C15H12O4/c1-2-3-9-4-6-11-10(8-9)5-7-12(14(16)17)13(11)15(18)19/h2,4-8H,1,3H2,(H,16,17)(H,18,19). The van der Waals surface area contributed by atoms with E-state index < -0.39 is 11.9 Å². The molecule has 0 aliphatic carbocycles. The Balaban J connectivity index is 2.75. The number of hydrogen-bond acceptors (Lipinski definition) is 2. The molecule has 0 aliphatic heterocycles. The van der Waals surface area contributed by atoms with Gasteiger partial charge in [0.2, 0.25) is 0 Å². The summed E-state index contributed by atoms with van der Waals surface area (Å²) in [6.45, 7) is 3.65. The number of carbonyl (C=O) groups is 2. The molecular formula is C15H12O4. The summed E-state index contributed by atoms with van der Waals surface area (Å²) in [6.07, 6.45) is 2.43. The molecule has 0 bridgehead atoms. The van der Waals surface area contributed by atoms with Crippen LogP contribution in [-0.4, -0.2) is 22.2 Å². The van der Waals surface area contributed by atoms with Crippen LogP contribution in [0, 0.1) is 0 Å². The van der Waals surface area contributed by atoms with Crippen LogP contribution >= 0.6 is 0 Å². The first kappa shape index (κ1) is 12.8. The van der Waals surface area contributed by atoms with Crippen molar-refractivity contribution in [2.24, 2.45) is 0 Å². The molecule has 2 aromatic rings. The Labute approximate surface area is 109 Å². The molecule has 0 heterocycles. The van der Waals surface area contributed by atoms with E-state index in [0.29, 0.717) is 17.2 Å². The van der Waals surface area contributed by atoms with Gasteiger partial charge < -0.3 is 10.2 Å². The number of carboxylic acid groups (broad SMARTS) is 2. The highest BCUT2D eigenvalue weighted by molar-refractivity contribution is 6.11. The number of rotatable bonds is 4. The normalized spacial score (nSPS) is 10.3. The minimum absolute atomic E-state index is 0.171. The van der Waals surface area contributed by atoms with E-state index in [0.717, 1.165) is 5.56 Å². The van der Waals surface area contributed by atoms with Crippen LogP contribution in [-0.2, 0) is 6.42 Å². The monoisotopic (exact) mass is 256 g/mol.